The van der Waals surface area contributed by atoms with Crippen molar-refractivity contribution in [3.8, 4) is 0 Å². The summed E-state index contributed by atoms with van der Waals surface area (Å²) in [5, 5.41) is 0. The molecule has 1 aromatic carbocycles. The molecule has 0 bridgehead atoms. The van der Waals surface area contributed by atoms with Crippen molar-refractivity contribution in [1.29, 1.82) is 0 Å². The molecule has 1 saturated heterocycles. The highest BCUT2D eigenvalue weighted by Gasteiger charge is 2.38. The molecular formula is C12H11F3OS. The number of rotatable bonds is 2. The van der Waals surface area contributed by atoms with Gasteiger partial charge in [-0.15, -0.1) is 11.8 Å². The molecule has 1 nitrogen and oxygen atoms in total. The Hall–Kier alpha value is -0.970. The van der Waals surface area contributed by atoms with Crippen molar-refractivity contribution in [1.82, 2.24) is 0 Å². The Morgan fingerprint density at radius 1 is 1.29 bits per heavy atom. The molecule has 0 amide bonds. The smallest absolute Gasteiger partial charge is 0.194 e. The Bertz CT molecular complexity index is 444. The lowest BCUT2D eigenvalue weighted by Gasteiger charge is -2.20. The summed E-state index contributed by atoms with van der Waals surface area (Å²) in [6.07, 6.45) is 1.58. The van der Waals surface area contributed by atoms with Crippen LogP contribution in [0.25, 0.3) is 0 Å². The molecule has 0 aromatic heterocycles. The molecule has 1 unspecified atom stereocenters. The van der Waals surface area contributed by atoms with Gasteiger partial charge in [0, 0.05) is 5.56 Å². The highest BCUT2D eigenvalue weighted by atomic mass is 32.2. The summed E-state index contributed by atoms with van der Waals surface area (Å²) >= 11 is 1.48. The average molecular weight is 260 g/mol. The van der Waals surface area contributed by atoms with Crippen LogP contribution in [0.1, 0.15) is 30.1 Å². The van der Waals surface area contributed by atoms with E-state index >= 15 is 0 Å². The highest BCUT2D eigenvalue weighted by molar-refractivity contribution is 8.01. The van der Waals surface area contributed by atoms with Crippen molar-refractivity contribution in [2.24, 2.45) is 0 Å². The molecule has 2 rings (SSSR count). The summed E-state index contributed by atoms with van der Waals surface area (Å²) in [4.78, 5) is 12.1. The third-order valence-corrected chi connectivity index (χ3v) is 4.46. The fourth-order valence-electron chi connectivity index (χ4n) is 1.95. The molecule has 0 spiro atoms. The second-order valence-electron chi connectivity index (χ2n) is 4.27. The second-order valence-corrected chi connectivity index (χ2v) is 5.86. The lowest BCUT2D eigenvalue weighted by Crippen LogP contribution is -2.29. The van der Waals surface area contributed by atoms with Crippen LogP contribution >= 0.6 is 11.8 Å². The Labute approximate surface area is 101 Å². The number of hydrogen-bond donors (Lipinski definition) is 0. The molecule has 1 aliphatic rings. The van der Waals surface area contributed by atoms with Crippen LogP contribution in [-0.4, -0.2) is 16.3 Å². The maximum atomic E-state index is 13.0. The van der Waals surface area contributed by atoms with Crippen LogP contribution in [-0.2, 0) is 0 Å². The molecule has 0 radical (unpaired) electrons. The molecule has 1 heterocycles. The monoisotopic (exact) mass is 260 g/mol. The van der Waals surface area contributed by atoms with E-state index in [-0.39, 0.29) is 11.3 Å². The number of carbonyl (C=O) groups is 1. The van der Waals surface area contributed by atoms with Gasteiger partial charge in [0.2, 0.25) is 0 Å². The first-order valence-electron chi connectivity index (χ1n) is 5.27. The van der Waals surface area contributed by atoms with E-state index in [9.17, 15) is 18.0 Å². The molecule has 5 heteroatoms. The zero-order valence-electron chi connectivity index (χ0n) is 9.23. The van der Waals surface area contributed by atoms with Gasteiger partial charge in [0.1, 0.15) is 0 Å². The SMILES string of the molecule is CC1(C(=O)c2cc(F)c(F)c(F)c2)CCCS1. The summed E-state index contributed by atoms with van der Waals surface area (Å²) < 4.78 is 38.2. The van der Waals surface area contributed by atoms with Crippen molar-refractivity contribution in [3.05, 3.63) is 35.1 Å². The summed E-state index contributed by atoms with van der Waals surface area (Å²) in [5.74, 6) is -3.66. The number of thioether (sulfide) groups is 1. The van der Waals surface area contributed by atoms with Crippen LogP contribution in [0, 0.1) is 17.5 Å². The molecule has 92 valence electrons. The minimum atomic E-state index is -1.54. The number of halogens is 3. The van der Waals surface area contributed by atoms with E-state index in [2.05, 4.69) is 0 Å². The quantitative estimate of drug-likeness (QED) is 0.597. The fourth-order valence-corrected chi connectivity index (χ4v) is 3.23. The van der Waals surface area contributed by atoms with Crippen LogP contribution in [0.2, 0.25) is 0 Å². The van der Waals surface area contributed by atoms with Crippen LogP contribution in [0.15, 0.2) is 12.1 Å². The summed E-state index contributed by atoms with van der Waals surface area (Å²) in [6.45, 7) is 1.76. The van der Waals surface area contributed by atoms with E-state index < -0.39 is 22.2 Å². The van der Waals surface area contributed by atoms with Crippen molar-refractivity contribution in [2.75, 3.05) is 5.75 Å². The van der Waals surface area contributed by atoms with Crippen LogP contribution in [0.4, 0.5) is 13.2 Å². The van der Waals surface area contributed by atoms with Crippen molar-refractivity contribution < 1.29 is 18.0 Å². The predicted octanol–water partition coefficient (Wildman–Crippen LogP) is 3.57. The standard InChI is InChI=1S/C12H11F3OS/c1-12(3-2-4-17-12)11(16)7-5-8(13)10(15)9(14)6-7/h5-6H,2-4H2,1H3. The third-order valence-electron chi connectivity index (χ3n) is 2.95. The lowest BCUT2D eigenvalue weighted by atomic mass is 9.94. The molecule has 17 heavy (non-hydrogen) atoms. The number of carbonyl (C=O) groups excluding carboxylic acids is 1. The van der Waals surface area contributed by atoms with Crippen LogP contribution in [0.5, 0.6) is 0 Å². The van der Waals surface area contributed by atoms with Gasteiger partial charge in [-0.3, -0.25) is 4.79 Å². The minimum absolute atomic E-state index is 0.0988. The molecule has 1 atom stereocenters. The Morgan fingerprint density at radius 3 is 2.35 bits per heavy atom. The molecule has 0 saturated carbocycles. The first-order chi connectivity index (χ1) is 7.94. The van der Waals surface area contributed by atoms with Gasteiger partial charge in [-0.05, 0) is 37.7 Å². The zero-order valence-corrected chi connectivity index (χ0v) is 10.0. The van der Waals surface area contributed by atoms with Crippen molar-refractivity contribution in [3.63, 3.8) is 0 Å². The topological polar surface area (TPSA) is 17.1 Å². The molecule has 1 aromatic rings. The van der Waals surface area contributed by atoms with E-state index in [0.29, 0.717) is 6.42 Å². The van der Waals surface area contributed by atoms with E-state index in [1.807, 2.05) is 0 Å². The predicted molar refractivity (Wildman–Crippen MR) is 60.7 cm³/mol. The van der Waals surface area contributed by atoms with Crippen molar-refractivity contribution >= 4 is 17.5 Å². The summed E-state index contributed by atoms with van der Waals surface area (Å²) in [6, 6.07) is 1.54. The normalized spacial score (nSPS) is 24.0. The molecule has 1 aliphatic heterocycles. The third kappa shape index (κ3) is 2.20. The first-order valence-corrected chi connectivity index (χ1v) is 6.26. The van der Waals surface area contributed by atoms with E-state index in [0.717, 1.165) is 24.3 Å². The van der Waals surface area contributed by atoms with Gasteiger partial charge in [-0.2, -0.15) is 0 Å². The van der Waals surface area contributed by atoms with Crippen LogP contribution < -0.4 is 0 Å². The zero-order chi connectivity index (χ0) is 12.6. The maximum Gasteiger partial charge on any atom is 0.194 e. The first kappa shape index (κ1) is 12.5. The molecule has 0 aliphatic carbocycles. The van der Waals surface area contributed by atoms with Gasteiger partial charge in [-0.25, -0.2) is 13.2 Å². The molecule has 0 N–H and O–H groups in total. The number of hydrogen-bond acceptors (Lipinski definition) is 2. The number of benzene rings is 1. The van der Waals surface area contributed by atoms with Gasteiger partial charge in [-0.1, -0.05) is 0 Å². The van der Waals surface area contributed by atoms with Gasteiger partial charge in [0.05, 0.1) is 4.75 Å². The van der Waals surface area contributed by atoms with Gasteiger partial charge in [0.15, 0.2) is 23.2 Å². The van der Waals surface area contributed by atoms with E-state index in [1.54, 1.807) is 6.92 Å². The van der Waals surface area contributed by atoms with Gasteiger partial charge < -0.3 is 0 Å². The molecular weight excluding hydrogens is 249 g/mol. The van der Waals surface area contributed by atoms with E-state index in [1.165, 1.54) is 11.8 Å². The minimum Gasteiger partial charge on any atom is -0.293 e. The largest absolute Gasteiger partial charge is 0.293 e. The Balaban J connectivity index is 2.37. The summed E-state index contributed by atoms with van der Waals surface area (Å²) in [5.41, 5.74) is -0.0988. The summed E-state index contributed by atoms with van der Waals surface area (Å²) in [7, 11) is 0. The Morgan fingerprint density at radius 2 is 1.88 bits per heavy atom. The second kappa shape index (κ2) is 4.37. The van der Waals surface area contributed by atoms with Gasteiger partial charge in [0.25, 0.3) is 0 Å². The lowest BCUT2D eigenvalue weighted by molar-refractivity contribution is 0.0948. The fraction of sp³-hybridized carbons (Fsp3) is 0.417. The van der Waals surface area contributed by atoms with Crippen molar-refractivity contribution in [2.45, 2.75) is 24.5 Å². The van der Waals surface area contributed by atoms with Crippen LogP contribution in [0.3, 0.4) is 0 Å². The Kier molecular flexibility index (Phi) is 3.21. The number of Topliss-reactive ketones (excluding diaryl/α,β-unsaturated/α-hetero) is 1. The van der Waals surface area contributed by atoms with E-state index in [4.69, 9.17) is 0 Å². The molecule has 1 fully saturated rings. The number of ketones is 1. The van der Waals surface area contributed by atoms with Gasteiger partial charge >= 0.3 is 0 Å². The average Bonchev–Trinajstić information content (AvgIpc) is 2.72. The maximum absolute atomic E-state index is 13.0. The highest BCUT2D eigenvalue weighted by Crippen LogP contribution is 2.40.